The fourth-order valence-corrected chi connectivity index (χ4v) is 3.15. The summed E-state index contributed by atoms with van der Waals surface area (Å²) in [6, 6.07) is 0.722. The Labute approximate surface area is 107 Å². The van der Waals surface area contributed by atoms with E-state index >= 15 is 0 Å². The molecule has 1 aliphatic carbocycles. The third-order valence-electron chi connectivity index (χ3n) is 2.36. The number of aromatic nitrogens is 2. The molecule has 16 heavy (non-hydrogen) atoms. The van der Waals surface area contributed by atoms with E-state index in [1.807, 2.05) is 0 Å². The summed E-state index contributed by atoms with van der Waals surface area (Å²) < 4.78 is 0.711. The molecule has 2 aromatic heterocycles. The standard InChI is InChI=1S/C10H10ClN3S2/c11-8-4-13-9(16-8)10-14-7(5-15-10)3-12-6-1-2-6/h4-6,12H,1-3H2. The highest BCUT2D eigenvalue weighted by atomic mass is 35.5. The van der Waals surface area contributed by atoms with E-state index in [1.165, 1.54) is 24.2 Å². The minimum absolute atomic E-state index is 0.711. The third-order valence-corrected chi connectivity index (χ3v) is 4.51. The highest BCUT2D eigenvalue weighted by molar-refractivity contribution is 7.22. The van der Waals surface area contributed by atoms with Crippen molar-refractivity contribution in [3.8, 4) is 10.0 Å². The van der Waals surface area contributed by atoms with Crippen LogP contribution in [0.2, 0.25) is 4.34 Å². The van der Waals surface area contributed by atoms with Gasteiger partial charge in [0.1, 0.15) is 4.34 Å². The second-order valence-corrected chi connectivity index (χ2v) is 6.29. The summed E-state index contributed by atoms with van der Waals surface area (Å²) in [7, 11) is 0. The van der Waals surface area contributed by atoms with Crippen LogP contribution in [0.1, 0.15) is 18.5 Å². The van der Waals surface area contributed by atoms with E-state index in [2.05, 4.69) is 20.7 Å². The Bertz CT molecular complexity index is 490. The van der Waals surface area contributed by atoms with Gasteiger partial charge in [-0.25, -0.2) is 9.97 Å². The lowest BCUT2D eigenvalue weighted by Crippen LogP contribution is -2.15. The molecule has 1 saturated carbocycles. The summed E-state index contributed by atoms with van der Waals surface area (Å²) in [4.78, 5) is 8.76. The molecule has 2 heterocycles. The first-order chi connectivity index (χ1) is 7.81. The van der Waals surface area contributed by atoms with E-state index < -0.39 is 0 Å². The number of hydrogen-bond acceptors (Lipinski definition) is 5. The van der Waals surface area contributed by atoms with Gasteiger partial charge in [0.2, 0.25) is 0 Å². The Morgan fingerprint density at radius 2 is 2.31 bits per heavy atom. The second-order valence-electron chi connectivity index (χ2n) is 3.77. The number of rotatable bonds is 4. The predicted octanol–water partition coefficient (Wildman–Crippen LogP) is 3.17. The van der Waals surface area contributed by atoms with E-state index in [0.717, 1.165) is 28.3 Å². The van der Waals surface area contributed by atoms with Gasteiger partial charge in [0, 0.05) is 18.0 Å². The Balaban J connectivity index is 1.71. The van der Waals surface area contributed by atoms with Gasteiger partial charge in [-0.15, -0.1) is 11.3 Å². The average molecular weight is 272 g/mol. The van der Waals surface area contributed by atoms with Crippen molar-refractivity contribution in [2.24, 2.45) is 0 Å². The van der Waals surface area contributed by atoms with Crippen LogP contribution in [0.3, 0.4) is 0 Å². The number of thiazole rings is 2. The minimum Gasteiger partial charge on any atom is -0.308 e. The first-order valence-corrected chi connectivity index (χ1v) is 7.18. The highest BCUT2D eigenvalue weighted by Gasteiger charge is 2.20. The molecule has 3 nitrogen and oxygen atoms in total. The van der Waals surface area contributed by atoms with Crippen LogP contribution in [-0.4, -0.2) is 16.0 Å². The molecule has 1 aliphatic rings. The Kier molecular flexibility index (Phi) is 2.93. The van der Waals surface area contributed by atoms with Crippen molar-refractivity contribution < 1.29 is 0 Å². The molecule has 0 bridgehead atoms. The molecular weight excluding hydrogens is 262 g/mol. The van der Waals surface area contributed by atoms with Crippen LogP contribution in [0.25, 0.3) is 10.0 Å². The molecular formula is C10H10ClN3S2. The molecule has 0 unspecified atom stereocenters. The summed E-state index contributed by atoms with van der Waals surface area (Å²) in [6.07, 6.45) is 4.28. The first kappa shape index (κ1) is 10.7. The van der Waals surface area contributed by atoms with Crippen LogP contribution in [-0.2, 0) is 6.54 Å². The third kappa shape index (κ3) is 2.43. The van der Waals surface area contributed by atoms with Crippen molar-refractivity contribution in [2.75, 3.05) is 0 Å². The molecule has 1 fully saturated rings. The van der Waals surface area contributed by atoms with E-state index in [0.29, 0.717) is 4.34 Å². The number of nitrogens with zero attached hydrogens (tertiary/aromatic N) is 2. The SMILES string of the molecule is Clc1cnc(-c2nc(CNC3CC3)cs2)s1. The van der Waals surface area contributed by atoms with Gasteiger partial charge in [0.15, 0.2) is 10.0 Å². The molecule has 2 aromatic rings. The Morgan fingerprint density at radius 1 is 1.44 bits per heavy atom. The monoisotopic (exact) mass is 271 g/mol. The molecule has 0 radical (unpaired) electrons. The molecule has 0 spiro atoms. The van der Waals surface area contributed by atoms with Crippen LogP contribution >= 0.6 is 34.3 Å². The molecule has 0 aliphatic heterocycles. The van der Waals surface area contributed by atoms with E-state index in [1.54, 1.807) is 17.5 Å². The fraction of sp³-hybridized carbons (Fsp3) is 0.400. The van der Waals surface area contributed by atoms with Gasteiger partial charge in [-0.3, -0.25) is 0 Å². The molecule has 84 valence electrons. The van der Waals surface area contributed by atoms with Gasteiger partial charge in [-0.1, -0.05) is 22.9 Å². The predicted molar refractivity (Wildman–Crippen MR) is 68.1 cm³/mol. The van der Waals surface area contributed by atoms with Crippen molar-refractivity contribution in [2.45, 2.75) is 25.4 Å². The van der Waals surface area contributed by atoms with Gasteiger partial charge < -0.3 is 5.32 Å². The average Bonchev–Trinajstić information content (AvgIpc) is 2.81. The Morgan fingerprint density at radius 3 is 3.00 bits per heavy atom. The van der Waals surface area contributed by atoms with Gasteiger partial charge in [0.25, 0.3) is 0 Å². The number of nitrogens with one attached hydrogen (secondary N) is 1. The van der Waals surface area contributed by atoms with Crippen LogP contribution in [0.4, 0.5) is 0 Å². The second kappa shape index (κ2) is 4.41. The maximum atomic E-state index is 5.85. The molecule has 0 amide bonds. The summed E-state index contributed by atoms with van der Waals surface area (Å²) >= 11 is 8.95. The van der Waals surface area contributed by atoms with E-state index in [9.17, 15) is 0 Å². The zero-order chi connectivity index (χ0) is 11.0. The van der Waals surface area contributed by atoms with Crippen molar-refractivity contribution in [3.63, 3.8) is 0 Å². The fourth-order valence-electron chi connectivity index (χ4n) is 1.38. The van der Waals surface area contributed by atoms with Crippen molar-refractivity contribution in [1.82, 2.24) is 15.3 Å². The highest BCUT2D eigenvalue weighted by Crippen LogP contribution is 2.30. The topological polar surface area (TPSA) is 37.8 Å². The van der Waals surface area contributed by atoms with E-state index in [-0.39, 0.29) is 0 Å². The van der Waals surface area contributed by atoms with Gasteiger partial charge in [-0.05, 0) is 12.8 Å². The molecule has 6 heteroatoms. The van der Waals surface area contributed by atoms with Crippen LogP contribution in [0.15, 0.2) is 11.6 Å². The normalized spacial score (nSPS) is 15.6. The molecule has 0 aromatic carbocycles. The lowest BCUT2D eigenvalue weighted by molar-refractivity contribution is 0.678. The van der Waals surface area contributed by atoms with Gasteiger partial charge >= 0.3 is 0 Å². The van der Waals surface area contributed by atoms with Crippen molar-refractivity contribution >= 4 is 34.3 Å². The maximum absolute atomic E-state index is 5.85. The lowest BCUT2D eigenvalue weighted by atomic mass is 10.4. The van der Waals surface area contributed by atoms with Crippen LogP contribution < -0.4 is 5.32 Å². The van der Waals surface area contributed by atoms with E-state index in [4.69, 9.17) is 11.6 Å². The molecule has 0 atom stereocenters. The van der Waals surface area contributed by atoms with Crippen LogP contribution in [0.5, 0.6) is 0 Å². The number of hydrogen-bond donors (Lipinski definition) is 1. The van der Waals surface area contributed by atoms with Crippen LogP contribution in [0, 0.1) is 0 Å². The Hall–Kier alpha value is -0.490. The quantitative estimate of drug-likeness (QED) is 0.928. The largest absolute Gasteiger partial charge is 0.308 e. The van der Waals surface area contributed by atoms with Gasteiger partial charge in [-0.2, -0.15) is 0 Å². The molecule has 3 rings (SSSR count). The summed E-state index contributed by atoms with van der Waals surface area (Å²) in [6.45, 7) is 0.861. The summed E-state index contributed by atoms with van der Waals surface area (Å²) in [5, 5.41) is 7.40. The first-order valence-electron chi connectivity index (χ1n) is 5.11. The number of halogens is 1. The smallest absolute Gasteiger partial charge is 0.153 e. The zero-order valence-electron chi connectivity index (χ0n) is 8.44. The zero-order valence-corrected chi connectivity index (χ0v) is 10.8. The summed E-state index contributed by atoms with van der Waals surface area (Å²) in [5.74, 6) is 0. The van der Waals surface area contributed by atoms with Crippen molar-refractivity contribution in [3.05, 3.63) is 21.6 Å². The summed E-state index contributed by atoms with van der Waals surface area (Å²) in [5.41, 5.74) is 1.10. The minimum atomic E-state index is 0.711. The molecule has 0 saturated heterocycles. The van der Waals surface area contributed by atoms with Crippen molar-refractivity contribution in [1.29, 1.82) is 0 Å². The molecule has 1 N–H and O–H groups in total. The maximum Gasteiger partial charge on any atom is 0.153 e. The van der Waals surface area contributed by atoms with Gasteiger partial charge in [0.05, 0.1) is 11.9 Å². The lowest BCUT2D eigenvalue weighted by Gasteiger charge is -1.96.